The molecule has 0 rings (SSSR count). The number of nitrogens with zero attached hydrogens (tertiary/aromatic N) is 3. The van der Waals surface area contributed by atoms with Gasteiger partial charge in [0.25, 0.3) is 0 Å². The first-order chi connectivity index (χ1) is 5.93. The van der Waals surface area contributed by atoms with Crippen molar-refractivity contribution in [1.82, 2.24) is 0 Å². The summed E-state index contributed by atoms with van der Waals surface area (Å²) >= 11 is 0. The molecule has 0 aromatic rings. The number of hydrogen-bond acceptors (Lipinski definition) is 3. The molecule has 0 aromatic heterocycles. The Balaban J connectivity index is 4.80. The lowest BCUT2D eigenvalue weighted by atomic mass is 9.66. The van der Waals surface area contributed by atoms with Crippen LogP contribution in [0.2, 0.25) is 0 Å². The van der Waals surface area contributed by atoms with E-state index in [1.54, 1.807) is 20.8 Å². The van der Waals surface area contributed by atoms with Crippen molar-refractivity contribution in [2.24, 2.45) is 10.8 Å². The second kappa shape index (κ2) is 3.92. The highest BCUT2D eigenvalue weighted by molar-refractivity contribution is 5.13. The minimum atomic E-state index is -0.739. The van der Waals surface area contributed by atoms with Gasteiger partial charge in [-0.3, -0.25) is 0 Å². The lowest BCUT2D eigenvalue weighted by molar-refractivity contribution is 0.211. The third-order valence-electron chi connectivity index (χ3n) is 2.64. The molecule has 0 saturated heterocycles. The summed E-state index contributed by atoms with van der Waals surface area (Å²) in [5.74, 6) is 0. The Bertz CT molecular complexity index is 298. The molecule has 3 nitrogen and oxygen atoms in total. The van der Waals surface area contributed by atoms with Crippen molar-refractivity contribution in [2.45, 2.75) is 33.6 Å². The average molecular weight is 175 g/mol. The van der Waals surface area contributed by atoms with E-state index in [0.29, 0.717) is 12.8 Å². The monoisotopic (exact) mass is 175 g/mol. The maximum atomic E-state index is 8.97. The van der Waals surface area contributed by atoms with E-state index in [1.165, 1.54) is 0 Å². The van der Waals surface area contributed by atoms with Crippen LogP contribution in [0.1, 0.15) is 33.6 Å². The van der Waals surface area contributed by atoms with Gasteiger partial charge in [-0.15, -0.1) is 0 Å². The molecule has 0 fully saturated rings. The Morgan fingerprint density at radius 2 is 1.54 bits per heavy atom. The molecule has 1 unspecified atom stereocenters. The summed E-state index contributed by atoms with van der Waals surface area (Å²) in [5, 5.41) is 26.3. The summed E-state index contributed by atoms with van der Waals surface area (Å²) in [6.07, 6.45) is 0.760. The summed E-state index contributed by atoms with van der Waals surface area (Å²) in [6, 6.07) is 6.23. The van der Waals surface area contributed by atoms with Gasteiger partial charge in [0.05, 0.1) is 29.0 Å². The van der Waals surface area contributed by atoms with E-state index in [0.717, 1.165) is 0 Å². The van der Waals surface area contributed by atoms with Gasteiger partial charge >= 0.3 is 0 Å². The van der Waals surface area contributed by atoms with E-state index in [9.17, 15) is 0 Å². The van der Waals surface area contributed by atoms with E-state index in [-0.39, 0.29) is 0 Å². The zero-order chi connectivity index (χ0) is 10.5. The van der Waals surface area contributed by atoms with Crippen molar-refractivity contribution in [3.05, 3.63) is 0 Å². The molecule has 0 aromatic carbocycles. The fraction of sp³-hybridized carbons (Fsp3) is 0.700. The van der Waals surface area contributed by atoms with Crippen LogP contribution in [0.15, 0.2) is 0 Å². The van der Waals surface area contributed by atoms with Crippen LogP contribution in [0.3, 0.4) is 0 Å². The second-order valence-corrected chi connectivity index (χ2v) is 3.84. The Morgan fingerprint density at radius 3 is 1.85 bits per heavy atom. The topological polar surface area (TPSA) is 71.4 Å². The lowest BCUT2D eigenvalue weighted by Gasteiger charge is -2.32. The van der Waals surface area contributed by atoms with Crippen LogP contribution >= 0.6 is 0 Å². The summed E-state index contributed by atoms with van der Waals surface area (Å²) in [5.41, 5.74) is -1.45. The SMILES string of the molecule is CC(C)(C#N)C(C)(C#N)CCC#N. The summed E-state index contributed by atoms with van der Waals surface area (Å²) in [7, 11) is 0. The van der Waals surface area contributed by atoms with Crippen molar-refractivity contribution < 1.29 is 0 Å². The largest absolute Gasteiger partial charge is 0.198 e. The van der Waals surface area contributed by atoms with Gasteiger partial charge in [0.2, 0.25) is 0 Å². The molecule has 0 aliphatic carbocycles. The molecule has 0 aliphatic rings. The van der Waals surface area contributed by atoms with Crippen LogP contribution in [0.4, 0.5) is 0 Å². The van der Waals surface area contributed by atoms with Crippen molar-refractivity contribution in [2.75, 3.05) is 0 Å². The average Bonchev–Trinajstić information content (AvgIpc) is 2.13. The summed E-state index contributed by atoms with van der Waals surface area (Å²) in [6.45, 7) is 5.19. The molecule has 13 heavy (non-hydrogen) atoms. The molecule has 0 spiro atoms. The Kier molecular flexibility index (Phi) is 3.46. The van der Waals surface area contributed by atoms with Gasteiger partial charge < -0.3 is 0 Å². The van der Waals surface area contributed by atoms with E-state index in [4.69, 9.17) is 15.8 Å². The van der Waals surface area contributed by atoms with Crippen LogP contribution in [-0.4, -0.2) is 0 Å². The standard InChI is InChI=1S/C10H13N3/c1-9(2,7-12)10(3,8-13)5-4-6-11/h4-5H2,1-3H3. The van der Waals surface area contributed by atoms with Crippen LogP contribution in [0.5, 0.6) is 0 Å². The first kappa shape index (κ1) is 11.5. The molecule has 0 radical (unpaired) electrons. The predicted molar refractivity (Wildman–Crippen MR) is 48.0 cm³/mol. The van der Waals surface area contributed by atoms with Crippen LogP contribution in [0, 0.1) is 44.8 Å². The molecule has 0 bridgehead atoms. The third kappa shape index (κ3) is 2.20. The summed E-state index contributed by atoms with van der Waals surface area (Å²) in [4.78, 5) is 0. The van der Waals surface area contributed by atoms with Gasteiger partial charge in [-0.25, -0.2) is 0 Å². The van der Waals surface area contributed by atoms with Gasteiger partial charge in [0, 0.05) is 6.42 Å². The first-order valence-electron chi connectivity index (χ1n) is 4.13. The van der Waals surface area contributed by atoms with Crippen molar-refractivity contribution >= 4 is 0 Å². The molecule has 0 aliphatic heterocycles. The molecule has 1 atom stereocenters. The number of rotatable bonds is 3. The van der Waals surface area contributed by atoms with E-state index in [2.05, 4.69) is 12.1 Å². The van der Waals surface area contributed by atoms with Crippen LogP contribution in [0.25, 0.3) is 0 Å². The highest BCUT2D eigenvalue weighted by Crippen LogP contribution is 2.41. The molecule has 0 N–H and O–H groups in total. The minimum absolute atomic E-state index is 0.315. The molecule has 68 valence electrons. The highest BCUT2D eigenvalue weighted by Gasteiger charge is 2.41. The Hall–Kier alpha value is -1.53. The molecule has 0 heterocycles. The summed E-state index contributed by atoms with van der Waals surface area (Å²) < 4.78 is 0. The zero-order valence-electron chi connectivity index (χ0n) is 8.26. The van der Waals surface area contributed by atoms with Gasteiger partial charge in [-0.2, -0.15) is 15.8 Å². The normalized spacial score (nSPS) is 14.8. The number of nitriles is 3. The molecular weight excluding hydrogens is 162 g/mol. The van der Waals surface area contributed by atoms with Gasteiger partial charge in [0.15, 0.2) is 0 Å². The van der Waals surface area contributed by atoms with Crippen molar-refractivity contribution in [3.8, 4) is 18.2 Å². The number of hydrogen-bond donors (Lipinski definition) is 0. The maximum Gasteiger partial charge on any atom is 0.0736 e. The van der Waals surface area contributed by atoms with E-state index in [1.807, 2.05) is 6.07 Å². The van der Waals surface area contributed by atoms with E-state index >= 15 is 0 Å². The van der Waals surface area contributed by atoms with Crippen LogP contribution in [-0.2, 0) is 0 Å². The fourth-order valence-electron chi connectivity index (χ4n) is 0.937. The van der Waals surface area contributed by atoms with Gasteiger partial charge in [-0.05, 0) is 27.2 Å². The quantitative estimate of drug-likeness (QED) is 0.661. The molecule has 0 saturated carbocycles. The van der Waals surface area contributed by atoms with Gasteiger partial charge in [0.1, 0.15) is 0 Å². The highest BCUT2D eigenvalue weighted by atomic mass is 14.5. The zero-order valence-corrected chi connectivity index (χ0v) is 8.26. The predicted octanol–water partition coefficient (Wildman–Crippen LogP) is 2.37. The van der Waals surface area contributed by atoms with Crippen molar-refractivity contribution in [3.63, 3.8) is 0 Å². The van der Waals surface area contributed by atoms with Crippen molar-refractivity contribution in [1.29, 1.82) is 15.8 Å². The molecule has 0 amide bonds. The molecule has 3 heteroatoms. The minimum Gasteiger partial charge on any atom is -0.198 e. The van der Waals surface area contributed by atoms with Gasteiger partial charge in [-0.1, -0.05) is 0 Å². The van der Waals surface area contributed by atoms with Crippen LogP contribution < -0.4 is 0 Å². The fourth-order valence-corrected chi connectivity index (χ4v) is 0.937. The smallest absolute Gasteiger partial charge is 0.0736 e. The molecular formula is C10H13N3. The third-order valence-corrected chi connectivity index (χ3v) is 2.64. The second-order valence-electron chi connectivity index (χ2n) is 3.84. The Morgan fingerprint density at radius 1 is 1.00 bits per heavy atom. The first-order valence-corrected chi connectivity index (χ1v) is 4.13. The Labute approximate surface area is 79.2 Å². The lowest BCUT2D eigenvalue weighted by Crippen LogP contribution is -2.32. The maximum absolute atomic E-state index is 8.97. The van der Waals surface area contributed by atoms with E-state index < -0.39 is 10.8 Å².